The predicted octanol–water partition coefficient (Wildman–Crippen LogP) is 4.79. The van der Waals surface area contributed by atoms with Crippen LogP contribution in [0.3, 0.4) is 0 Å². The Kier molecular flexibility index (Phi) is 6.04. The molecule has 160 valence electrons. The van der Waals surface area contributed by atoms with E-state index >= 15 is 0 Å². The number of hydrogen-bond acceptors (Lipinski definition) is 2. The fourth-order valence-corrected chi connectivity index (χ4v) is 3.93. The van der Waals surface area contributed by atoms with Gasteiger partial charge < -0.3 is 4.90 Å². The monoisotopic (exact) mass is 428 g/mol. The highest BCUT2D eigenvalue weighted by atomic mass is 19.2. The number of carbonyl (C=O) groups excluding carboxylic acids is 1. The Morgan fingerprint density at radius 2 is 1.29 bits per heavy atom. The van der Waals surface area contributed by atoms with E-state index in [0.717, 1.165) is 11.1 Å². The molecular formula is C24H20F4N2O. The summed E-state index contributed by atoms with van der Waals surface area (Å²) in [4.78, 5) is 16.3. The second-order valence-corrected chi connectivity index (χ2v) is 7.44. The van der Waals surface area contributed by atoms with Gasteiger partial charge in [-0.2, -0.15) is 0 Å². The maximum Gasteiger partial charge on any atom is 0.257 e. The highest BCUT2D eigenvalue weighted by Crippen LogP contribution is 2.30. The molecule has 1 aliphatic heterocycles. The molecule has 3 aromatic carbocycles. The normalized spacial score (nSPS) is 15.7. The third-order valence-electron chi connectivity index (χ3n) is 5.51. The fraction of sp³-hybridized carbons (Fsp3) is 0.208. The van der Waals surface area contributed by atoms with Crippen LogP contribution in [0.1, 0.15) is 27.5 Å². The summed E-state index contributed by atoms with van der Waals surface area (Å²) < 4.78 is 54.2. The largest absolute Gasteiger partial charge is 0.336 e. The number of halogens is 4. The molecule has 0 radical (unpaired) electrons. The first-order chi connectivity index (χ1) is 14.9. The van der Waals surface area contributed by atoms with Crippen molar-refractivity contribution in [2.45, 2.75) is 6.04 Å². The molecule has 0 spiro atoms. The van der Waals surface area contributed by atoms with Gasteiger partial charge in [0.05, 0.1) is 11.6 Å². The maximum atomic E-state index is 14.0. The van der Waals surface area contributed by atoms with Crippen molar-refractivity contribution < 1.29 is 22.4 Å². The van der Waals surface area contributed by atoms with Crippen LogP contribution in [0.4, 0.5) is 17.6 Å². The number of carbonyl (C=O) groups is 1. The lowest BCUT2D eigenvalue weighted by atomic mass is 9.96. The number of nitrogens with zero attached hydrogens (tertiary/aromatic N) is 2. The van der Waals surface area contributed by atoms with Crippen molar-refractivity contribution in [2.75, 3.05) is 26.2 Å². The highest BCUT2D eigenvalue weighted by Gasteiger charge is 2.30. The van der Waals surface area contributed by atoms with E-state index in [1.54, 1.807) is 12.1 Å². The van der Waals surface area contributed by atoms with Crippen molar-refractivity contribution in [3.05, 3.63) is 107 Å². The SMILES string of the molecule is O=C(c1cc(F)c(F)cc1F)N1CCN([C@@H](c2ccccc2)c2ccc(F)cc2)CC1. The molecule has 3 aromatic rings. The van der Waals surface area contributed by atoms with Crippen LogP contribution in [0.15, 0.2) is 66.7 Å². The molecule has 1 fully saturated rings. The molecule has 0 aromatic heterocycles. The Bertz CT molecular complexity index is 1060. The topological polar surface area (TPSA) is 23.6 Å². The Balaban J connectivity index is 1.53. The van der Waals surface area contributed by atoms with E-state index in [1.807, 2.05) is 30.3 Å². The van der Waals surface area contributed by atoms with Gasteiger partial charge >= 0.3 is 0 Å². The summed E-state index contributed by atoms with van der Waals surface area (Å²) in [5.74, 6) is -4.67. The quantitative estimate of drug-likeness (QED) is 0.441. The van der Waals surface area contributed by atoms with E-state index in [-0.39, 0.29) is 11.9 Å². The van der Waals surface area contributed by atoms with Crippen molar-refractivity contribution in [1.82, 2.24) is 9.80 Å². The molecule has 7 heteroatoms. The minimum absolute atomic E-state index is 0.140. The van der Waals surface area contributed by atoms with E-state index in [1.165, 1.54) is 17.0 Å². The molecule has 0 aliphatic carbocycles. The Labute approximate surface area is 177 Å². The molecule has 0 saturated carbocycles. The molecule has 1 amide bonds. The first-order valence-corrected chi connectivity index (χ1v) is 9.92. The Morgan fingerprint density at radius 1 is 0.710 bits per heavy atom. The summed E-state index contributed by atoms with van der Waals surface area (Å²) in [5.41, 5.74) is 1.46. The van der Waals surface area contributed by atoms with E-state index < -0.39 is 28.9 Å². The number of rotatable bonds is 4. The zero-order chi connectivity index (χ0) is 22.0. The summed E-state index contributed by atoms with van der Waals surface area (Å²) in [7, 11) is 0. The molecule has 0 unspecified atom stereocenters. The maximum absolute atomic E-state index is 14.0. The van der Waals surface area contributed by atoms with Gasteiger partial charge in [0.1, 0.15) is 11.6 Å². The van der Waals surface area contributed by atoms with Gasteiger partial charge in [-0.05, 0) is 29.3 Å². The van der Waals surface area contributed by atoms with Crippen LogP contribution in [0.5, 0.6) is 0 Å². The molecule has 1 heterocycles. The molecule has 31 heavy (non-hydrogen) atoms. The van der Waals surface area contributed by atoms with Gasteiger partial charge in [0.15, 0.2) is 11.6 Å². The van der Waals surface area contributed by atoms with Crippen LogP contribution in [0, 0.1) is 23.3 Å². The minimum Gasteiger partial charge on any atom is -0.336 e. The molecule has 4 rings (SSSR count). The predicted molar refractivity (Wildman–Crippen MR) is 108 cm³/mol. The van der Waals surface area contributed by atoms with Gasteiger partial charge in [0.25, 0.3) is 5.91 Å². The second kappa shape index (κ2) is 8.89. The third-order valence-corrected chi connectivity index (χ3v) is 5.51. The molecule has 1 saturated heterocycles. The number of amides is 1. The zero-order valence-corrected chi connectivity index (χ0v) is 16.6. The number of hydrogen-bond donors (Lipinski definition) is 0. The van der Waals surface area contributed by atoms with Gasteiger partial charge in [-0.25, -0.2) is 17.6 Å². The van der Waals surface area contributed by atoms with Gasteiger partial charge in [-0.15, -0.1) is 0 Å². The van der Waals surface area contributed by atoms with Crippen molar-refractivity contribution in [3.63, 3.8) is 0 Å². The van der Waals surface area contributed by atoms with Crippen LogP contribution >= 0.6 is 0 Å². The summed E-state index contributed by atoms with van der Waals surface area (Å²) in [6, 6.07) is 16.9. The van der Waals surface area contributed by atoms with Crippen molar-refractivity contribution in [3.8, 4) is 0 Å². The standard InChI is InChI=1S/C24H20F4N2O/c25-18-8-6-17(7-9-18)23(16-4-2-1-3-5-16)29-10-12-30(13-11-29)24(31)19-14-21(27)22(28)15-20(19)26/h1-9,14-15,23H,10-13H2/t23-/m0/s1. The van der Waals surface area contributed by atoms with Gasteiger partial charge in [-0.3, -0.25) is 9.69 Å². The first kappa shape index (κ1) is 21.1. The molecule has 3 nitrogen and oxygen atoms in total. The molecule has 1 atom stereocenters. The molecular weight excluding hydrogens is 408 g/mol. The smallest absolute Gasteiger partial charge is 0.257 e. The minimum atomic E-state index is -1.33. The van der Waals surface area contributed by atoms with E-state index in [9.17, 15) is 22.4 Å². The Morgan fingerprint density at radius 3 is 1.94 bits per heavy atom. The second-order valence-electron chi connectivity index (χ2n) is 7.44. The highest BCUT2D eigenvalue weighted by molar-refractivity contribution is 5.94. The van der Waals surface area contributed by atoms with Crippen molar-refractivity contribution >= 4 is 5.91 Å². The van der Waals surface area contributed by atoms with Gasteiger partial charge in [0, 0.05) is 32.2 Å². The summed E-state index contributed by atoms with van der Waals surface area (Å²) in [6.45, 7) is 1.55. The van der Waals surface area contributed by atoms with Crippen molar-refractivity contribution in [2.24, 2.45) is 0 Å². The van der Waals surface area contributed by atoms with Crippen LogP contribution in [-0.2, 0) is 0 Å². The van der Waals surface area contributed by atoms with Crippen LogP contribution in [0.2, 0.25) is 0 Å². The lowest BCUT2D eigenvalue weighted by Gasteiger charge is -2.39. The van der Waals surface area contributed by atoms with Crippen LogP contribution < -0.4 is 0 Å². The fourth-order valence-electron chi connectivity index (χ4n) is 3.93. The summed E-state index contributed by atoms with van der Waals surface area (Å²) in [6.07, 6.45) is 0. The first-order valence-electron chi connectivity index (χ1n) is 9.92. The van der Waals surface area contributed by atoms with Gasteiger partial charge in [-0.1, -0.05) is 42.5 Å². The third kappa shape index (κ3) is 4.46. The van der Waals surface area contributed by atoms with Crippen molar-refractivity contribution in [1.29, 1.82) is 0 Å². The lowest BCUT2D eigenvalue weighted by Crippen LogP contribution is -2.50. The average Bonchev–Trinajstić information content (AvgIpc) is 2.78. The summed E-state index contributed by atoms with van der Waals surface area (Å²) in [5, 5.41) is 0. The van der Waals surface area contributed by atoms with Crippen LogP contribution in [-0.4, -0.2) is 41.9 Å². The van der Waals surface area contributed by atoms with E-state index in [4.69, 9.17) is 0 Å². The van der Waals surface area contributed by atoms with Gasteiger partial charge in [0.2, 0.25) is 0 Å². The molecule has 1 aliphatic rings. The Hall–Kier alpha value is -3.19. The number of benzene rings is 3. The summed E-state index contributed by atoms with van der Waals surface area (Å²) >= 11 is 0. The zero-order valence-electron chi connectivity index (χ0n) is 16.6. The van der Waals surface area contributed by atoms with E-state index in [2.05, 4.69) is 4.90 Å². The van der Waals surface area contributed by atoms with Crippen LogP contribution in [0.25, 0.3) is 0 Å². The van der Waals surface area contributed by atoms with E-state index in [0.29, 0.717) is 38.3 Å². The average molecular weight is 428 g/mol. The molecule has 0 N–H and O–H groups in total. The molecule has 0 bridgehead atoms. The lowest BCUT2D eigenvalue weighted by molar-refractivity contribution is 0.0592. The number of piperazine rings is 1.